The SMILES string of the molecule is [B]C12Oc3cc(-c4cccc5nn(C)cc45)cc(F)c3CN1C(=O)c1cccnc12. The molecule has 6 nitrogen and oxygen atoms in total. The van der Waals surface area contributed by atoms with Crippen LogP contribution < -0.4 is 4.74 Å². The Kier molecular flexibility index (Phi) is 3.26. The van der Waals surface area contributed by atoms with E-state index in [2.05, 4.69) is 10.1 Å². The van der Waals surface area contributed by atoms with Gasteiger partial charge in [-0.05, 0) is 41.5 Å². The summed E-state index contributed by atoms with van der Waals surface area (Å²) in [6, 6.07) is 12.2. The van der Waals surface area contributed by atoms with Crippen molar-refractivity contribution >= 4 is 24.7 Å². The number of aromatic nitrogens is 3. The van der Waals surface area contributed by atoms with Gasteiger partial charge in [0.25, 0.3) is 5.91 Å². The van der Waals surface area contributed by atoms with Crippen LogP contribution in [0.15, 0.2) is 54.9 Å². The third kappa shape index (κ3) is 2.16. The summed E-state index contributed by atoms with van der Waals surface area (Å²) in [6.07, 6.45) is 3.45. The molecular weight excluding hydrogens is 382 g/mol. The molecule has 1 amide bonds. The van der Waals surface area contributed by atoms with Gasteiger partial charge in [-0.1, -0.05) is 12.1 Å². The van der Waals surface area contributed by atoms with Gasteiger partial charge in [-0.2, -0.15) is 5.10 Å². The first kappa shape index (κ1) is 17.2. The summed E-state index contributed by atoms with van der Waals surface area (Å²) in [5.41, 5.74) is 1.73. The topological polar surface area (TPSA) is 60.2 Å². The molecule has 0 fully saturated rings. The van der Waals surface area contributed by atoms with Crippen molar-refractivity contribution in [3.63, 3.8) is 0 Å². The standard InChI is InChI=1S/C22H14BFN4O2/c1-27-10-15-13(4-2-6-18(15)26-27)12-8-17(24)16-11-28-21(29)14-5-3-7-25-20(14)22(28,23)30-19(16)9-12/h2-10H,11H2,1H3. The summed E-state index contributed by atoms with van der Waals surface area (Å²) in [6.45, 7) is 0.00420. The molecule has 144 valence electrons. The van der Waals surface area contributed by atoms with Crippen molar-refractivity contribution in [2.75, 3.05) is 0 Å². The van der Waals surface area contributed by atoms with Gasteiger partial charge >= 0.3 is 0 Å². The zero-order valence-corrected chi connectivity index (χ0v) is 16.0. The quantitative estimate of drug-likeness (QED) is 0.464. The highest BCUT2D eigenvalue weighted by Crippen LogP contribution is 2.45. The van der Waals surface area contributed by atoms with Crippen molar-refractivity contribution in [3.8, 4) is 16.9 Å². The van der Waals surface area contributed by atoms with Crippen LogP contribution in [0.3, 0.4) is 0 Å². The van der Waals surface area contributed by atoms with Gasteiger partial charge in [0.2, 0.25) is 0 Å². The van der Waals surface area contributed by atoms with E-state index in [9.17, 15) is 4.79 Å². The van der Waals surface area contributed by atoms with Gasteiger partial charge in [-0.3, -0.25) is 19.4 Å². The Balaban J connectivity index is 1.52. The lowest BCUT2D eigenvalue weighted by atomic mass is 9.85. The molecule has 1 unspecified atom stereocenters. The van der Waals surface area contributed by atoms with Crippen LogP contribution in [0.25, 0.3) is 22.0 Å². The number of nitrogens with zero attached hydrogens (tertiary/aromatic N) is 4. The van der Waals surface area contributed by atoms with Crippen LogP contribution in [0.2, 0.25) is 0 Å². The first-order valence-electron chi connectivity index (χ1n) is 9.46. The van der Waals surface area contributed by atoms with Crippen LogP contribution >= 0.6 is 0 Å². The van der Waals surface area contributed by atoms with Crippen molar-refractivity contribution < 1.29 is 13.9 Å². The molecule has 0 bridgehead atoms. The van der Waals surface area contributed by atoms with Crippen LogP contribution in [0.4, 0.5) is 4.39 Å². The van der Waals surface area contributed by atoms with Crippen molar-refractivity contribution in [1.29, 1.82) is 0 Å². The first-order chi connectivity index (χ1) is 14.5. The molecular formula is C22H14BFN4O2. The highest BCUT2D eigenvalue weighted by atomic mass is 19.1. The number of hydrogen-bond donors (Lipinski definition) is 0. The van der Waals surface area contributed by atoms with E-state index in [0.717, 1.165) is 16.5 Å². The van der Waals surface area contributed by atoms with Crippen molar-refractivity contribution in [1.82, 2.24) is 19.7 Å². The van der Waals surface area contributed by atoms with Gasteiger partial charge in [0, 0.05) is 30.4 Å². The maximum atomic E-state index is 15.2. The summed E-state index contributed by atoms with van der Waals surface area (Å²) < 4.78 is 22.9. The monoisotopic (exact) mass is 396 g/mol. The zero-order valence-electron chi connectivity index (χ0n) is 16.0. The number of hydrogen-bond acceptors (Lipinski definition) is 4. The lowest BCUT2D eigenvalue weighted by Gasteiger charge is -2.41. The van der Waals surface area contributed by atoms with Crippen molar-refractivity contribution in [2.24, 2.45) is 7.05 Å². The number of carbonyl (C=O) groups excluding carboxylic acids is 1. The Labute approximate surface area is 172 Å². The van der Waals surface area contributed by atoms with E-state index < -0.39 is 11.4 Å². The second-order valence-electron chi connectivity index (χ2n) is 7.57. The average molecular weight is 396 g/mol. The summed E-state index contributed by atoms with van der Waals surface area (Å²) in [4.78, 5) is 18.4. The minimum absolute atomic E-state index is 0.00420. The van der Waals surface area contributed by atoms with Crippen LogP contribution in [0.5, 0.6) is 5.75 Å². The second-order valence-corrected chi connectivity index (χ2v) is 7.57. The Morgan fingerprint density at radius 2 is 2.03 bits per heavy atom. The Morgan fingerprint density at radius 1 is 1.20 bits per heavy atom. The lowest BCUT2D eigenvalue weighted by molar-refractivity contribution is -0.0197. The van der Waals surface area contributed by atoms with Gasteiger partial charge < -0.3 is 4.74 Å². The molecule has 2 aromatic heterocycles. The third-order valence-electron chi connectivity index (χ3n) is 5.74. The fourth-order valence-corrected chi connectivity index (χ4v) is 4.33. The van der Waals surface area contributed by atoms with Crippen molar-refractivity contribution in [2.45, 2.75) is 12.2 Å². The van der Waals surface area contributed by atoms with E-state index in [1.165, 1.54) is 11.0 Å². The van der Waals surface area contributed by atoms with E-state index >= 15 is 4.39 Å². The molecule has 0 N–H and O–H groups in total. The fourth-order valence-electron chi connectivity index (χ4n) is 4.33. The molecule has 0 saturated carbocycles. The molecule has 1 atom stereocenters. The summed E-state index contributed by atoms with van der Waals surface area (Å²) >= 11 is 0. The van der Waals surface area contributed by atoms with Gasteiger partial charge in [0.05, 0.1) is 17.6 Å². The predicted octanol–water partition coefficient (Wildman–Crippen LogP) is 3.10. The van der Waals surface area contributed by atoms with E-state index in [-0.39, 0.29) is 12.5 Å². The minimum Gasteiger partial charge on any atom is -0.471 e. The maximum Gasteiger partial charge on any atom is 0.258 e. The predicted molar refractivity (Wildman–Crippen MR) is 108 cm³/mol. The Morgan fingerprint density at radius 3 is 2.90 bits per heavy atom. The van der Waals surface area contributed by atoms with Gasteiger partial charge in [0.15, 0.2) is 13.5 Å². The molecule has 2 aromatic carbocycles. The number of pyridine rings is 1. The molecule has 2 aliphatic heterocycles. The average Bonchev–Trinajstić information content (AvgIpc) is 3.21. The number of halogens is 1. The smallest absolute Gasteiger partial charge is 0.258 e. The maximum absolute atomic E-state index is 15.2. The number of carbonyl (C=O) groups is 1. The molecule has 6 rings (SSSR count). The Hall–Kier alpha value is -3.68. The molecule has 0 saturated heterocycles. The molecule has 0 spiro atoms. The van der Waals surface area contributed by atoms with Crippen LogP contribution in [0.1, 0.15) is 21.6 Å². The van der Waals surface area contributed by atoms with E-state index in [0.29, 0.717) is 28.1 Å². The summed E-state index contributed by atoms with van der Waals surface area (Å²) in [5, 5.41) is 5.32. The normalized spacial score (nSPS) is 19.4. The van der Waals surface area contributed by atoms with Crippen molar-refractivity contribution in [3.05, 3.63) is 77.5 Å². The number of amides is 1. The molecule has 2 radical (unpaired) electrons. The lowest BCUT2D eigenvalue weighted by Crippen LogP contribution is -2.51. The zero-order chi connectivity index (χ0) is 20.6. The number of rotatable bonds is 1. The Bertz CT molecular complexity index is 1390. The van der Waals surface area contributed by atoms with Gasteiger partial charge in [0.1, 0.15) is 17.3 Å². The molecule has 0 aliphatic carbocycles. The number of aryl methyl sites for hydroxylation is 1. The fraction of sp³-hybridized carbons (Fsp3) is 0.136. The van der Waals surface area contributed by atoms with Gasteiger partial charge in [-0.25, -0.2) is 4.39 Å². The van der Waals surface area contributed by atoms with Crippen LogP contribution in [-0.2, 0) is 19.2 Å². The minimum atomic E-state index is -1.56. The first-order valence-corrected chi connectivity index (χ1v) is 9.46. The summed E-state index contributed by atoms with van der Waals surface area (Å²) in [5.74, 6) is -0.479. The number of ether oxygens (including phenoxy) is 1. The van der Waals surface area contributed by atoms with Crippen LogP contribution in [0, 0.1) is 5.82 Å². The van der Waals surface area contributed by atoms with E-state index in [4.69, 9.17) is 12.6 Å². The highest BCUT2D eigenvalue weighted by molar-refractivity contribution is 6.20. The second kappa shape index (κ2) is 5.69. The molecule has 2 aliphatic rings. The van der Waals surface area contributed by atoms with Crippen LogP contribution in [-0.4, -0.2) is 33.4 Å². The highest BCUT2D eigenvalue weighted by Gasteiger charge is 2.52. The molecule has 4 heterocycles. The summed E-state index contributed by atoms with van der Waals surface area (Å²) in [7, 11) is 8.34. The van der Waals surface area contributed by atoms with E-state index in [1.807, 2.05) is 31.4 Å². The van der Waals surface area contributed by atoms with Gasteiger partial charge in [-0.15, -0.1) is 0 Å². The molecule has 4 aromatic rings. The third-order valence-corrected chi connectivity index (χ3v) is 5.74. The number of benzene rings is 2. The number of fused-ring (bicyclic) bond motifs is 5. The van der Waals surface area contributed by atoms with E-state index in [1.54, 1.807) is 29.1 Å². The largest absolute Gasteiger partial charge is 0.471 e. The molecule has 30 heavy (non-hydrogen) atoms. The molecule has 8 heteroatoms.